The predicted octanol–water partition coefficient (Wildman–Crippen LogP) is 3.92. The monoisotopic (exact) mass is 395 g/mol. The third kappa shape index (κ3) is 2.36. The van der Waals surface area contributed by atoms with Crippen LogP contribution in [-0.2, 0) is 15.1 Å². The lowest BCUT2D eigenvalue weighted by atomic mass is 9.78. The largest absolute Gasteiger partial charge is 0.325 e. The number of aryl methyl sites for hydroxylation is 1. The van der Waals surface area contributed by atoms with Crippen molar-refractivity contribution in [1.82, 2.24) is 4.90 Å². The topological polar surface area (TPSA) is 61.4 Å². The van der Waals surface area contributed by atoms with E-state index in [4.69, 9.17) is 11.6 Å². The number of amides is 2. The van der Waals surface area contributed by atoms with E-state index in [1.165, 1.54) is 0 Å². The lowest BCUT2D eigenvalue weighted by Crippen LogP contribution is -2.53. The van der Waals surface area contributed by atoms with Crippen molar-refractivity contribution in [3.05, 3.63) is 58.6 Å². The summed E-state index contributed by atoms with van der Waals surface area (Å²) in [5, 5.41) is 6.66. The Kier molecular flexibility index (Phi) is 4.00. The zero-order valence-corrected chi connectivity index (χ0v) is 16.4. The van der Waals surface area contributed by atoms with Crippen molar-refractivity contribution in [2.24, 2.45) is 5.92 Å². The van der Waals surface area contributed by atoms with E-state index in [0.717, 1.165) is 36.2 Å². The standard InChI is InChI=1S/C22H22ClN3O2/c1-13-8-9-14(23)11-19(13)24-20(27)17-12-15-5-4-10-26(15)22(17)16-6-2-3-7-18(16)25-21(22)28/h2-3,6-9,11,15,17H,4-5,10,12H2,1H3,(H,24,27)(H,25,28). The van der Waals surface area contributed by atoms with Crippen LogP contribution in [0, 0.1) is 12.8 Å². The molecule has 2 aromatic carbocycles. The van der Waals surface area contributed by atoms with Crippen molar-refractivity contribution in [3.8, 4) is 0 Å². The number of para-hydroxylation sites is 1. The van der Waals surface area contributed by atoms with Gasteiger partial charge in [-0.25, -0.2) is 0 Å². The van der Waals surface area contributed by atoms with Crippen LogP contribution in [-0.4, -0.2) is 29.3 Å². The van der Waals surface area contributed by atoms with Crippen LogP contribution in [0.5, 0.6) is 0 Å². The summed E-state index contributed by atoms with van der Waals surface area (Å²) in [6.07, 6.45) is 2.77. The smallest absolute Gasteiger partial charge is 0.250 e. The predicted molar refractivity (Wildman–Crippen MR) is 109 cm³/mol. The van der Waals surface area contributed by atoms with E-state index in [2.05, 4.69) is 15.5 Å². The highest BCUT2D eigenvalue weighted by Gasteiger charge is 2.65. The Bertz CT molecular complexity index is 991. The Morgan fingerprint density at radius 1 is 1.29 bits per heavy atom. The van der Waals surface area contributed by atoms with Crippen LogP contribution in [0.2, 0.25) is 5.02 Å². The average Bonchev–Trinajstić information content (AvgIpc) is 3.33. The maximum Gasteiger partial charge on any atom is 0.250 e. The molecule has 2 N–H and O–H groups in total. The number of nitrogens with one attached hydrogen (secondary N) is 2. The van der Waals surface area contributed by atoms with Gasteiger partial charge in [0, 0.05) is 28.0 Å². The summed E-state index contributed by atoms with van der Waals surface area (Å²) in [5.41, 5.74) is 2.46. The molecule has 144 valence electrons. The summed E-state index contributed by atoms with van der Waals surface area (Å²) in [5.74, 6) is -0.646. The van der Waals surface area contributed by atoms with Crippen molar-refractivity contribution in [3.63, 3.8) is 0 Å². The highest BCUT2D eigenvalue weighted by molar-refractivity contribution is 6.31. The minimum Gasteiger partial charge on any atom is -0.325 e. The second-order valence-electron chi connectivity index (χ2n) is 7.99. The van der Waals surface area contributed by atoms with Crippen molar-refractivity contribution in [1.29, 1.82) is 0 Å². The molecule has 1 spiro atoms. The van der Waals surface area contributed by atoms with Gasteiger partial charge in [0.2, 0.25) is 11.8 Å². The van der Waals surface area contributed by atoms with Crippen LogP contribution in [0.1, 0.15) is 30.4 Å². The Morgan fingerprint density at radius 2 is 2.11 bits per heavy atom. The maximum absolute atomic E-state index is 13.5. The molecular weight excluding hydrogens is 374 g/mol. The summed E-state index contributed by atoms with van der Waals surface area (Å²) >= 11 is 6.12. The Balaban J connectivity index is 1.58. The maximum atomic E-state index is 13.5. The highest BCUT2D eigenvalue weighted by Crippen LogP contribution is 2.55. The highest BCUT2D eigenvalue weighted by atomic mass is 35.5. The zero-order valence-electron chi connectivity index (χ0n) is 15.7. The summed E-state index contributed by atoms with van der Waals surface area (Å²) < 4.78 is 0. The molecule has 2 fully saturated rings. The van der Waals surface area contributed by atoms with E-state index in [-0.39, 0.29) is 17.9 Å². The fourth-order valence-corrected chi connectivity index (χ4v) is 5.50. The van der Waals surface area contributed by atoms with Crippen molar-refractivity contribution >= 4 is 34.8 Å². The first-order valence-electron chi connectivity index (χ1n) is 9.76. The van der Waals surface area contributed by atoms with E-state index >= 15 is 0 Å². The summed E-state index contributed by atoms with van der Waals surface area (Å²) in [4.78, 5) is 29.1. The van der Waals surface area contributed by atoms with Crippen LogP contribution in [0.15, 0.2) is 42.5 Å². The molecular formula is C22H22ClN3O2. The molecule has 0 saturated carbocycles. The molecule has 0 bridgehead atoms. The molecule has 6 heteroatoms. The summed E-state index contributed by atoms with van der Waals surface area (Å²) in [6.45, 7) is 2.78. The molecule has 5 nitrogen and oxygen atoms in total. The molecule has 28 heavy (non-hydrogen) atoms. The Labute approximate surface area is 169 Å². The van der Waals surface area contributed by atoms with Gasteiger partial charge in [-0.15, -0.1) is 0 Å². The SMILES string of the molecule is Cc1ccc(Cl)cc1NC(=O)C1CC2CCCN2C12C(=O)Nc1ccccc12. The molecule has 2 amide bonds. The minimum atomic E-state index is -0.922. The number of carbonyl (C=O) groups is 2. The number of nitrogens with zero attached hydrogens (tertiary/aromatic N) is 1. The molecule has 3 atom stereocenters. The third-order valence-corrected chi connectivity index (χ3v) is 6.78. The lowest BCUT2D eigenvalue weighted by Gasteiger charge is -2.36. The molecule has 0 radical (unpaired) electrons. The van der Waals surface area contributed by atoms with Gasteiger partial charge in [-0.1, -0.05) is 35.9 Å². The van der Waals surface area contributed by atoms with Crippen molar-refractivity contribution in [2.75, 3.05) is 17.2 Å². The number of halogens is 1. The molecule has 3 unspecified atom stereocenters. The van der Waals surface area contributed by atoms with Gasteiger partial charge in [0.1, 0.15) is 5.54 Å². The number of fused-ring (bicyclic) bond motifs is 4. The molecule has 2 aromatic rings. The second-order valence-corrected chi connectivity index (χ2v) is 8.43. The number of hydrogen-bond acceptors (Lipinski definition) is 3. The Morgan fingerprint density at radius 3 is 2.96 bits per heavy atom. The number of hydrogen-bond donors (Lipinski definition) is 2. The van der Waals surface area contributed by atoms with E-state index in [1.807, 2.05) is 37.3 Å². The molecule has 0 aliphatic carbocycles. The van der Waals surface area contributed by atoms with Gasteiger partial charge in [0.05, 0.1) is 5.92 Å². The van der Waals surface area contributed by atoms with Gasteiger partial charge in [-0.3, -0.25) is 14.5 Å². The second kappa shape index (κ2) is 6.33. The molecule has 0 aromatic heterocycles. The van der Waals surface area contributed by atoms with Gasteiger partial charge >= 0.3 is 0 Å². The molecule has 3 aliphatic rings. The van der Waals surface area contributed by atoms with Gasteiger partial charge in [-0.2, -0.15) is 0 Å². The molecule has 2 saturated heterocycles. The molecule has 5 rings (SSSR count). The first kappa shape index (κ1) is 17.7. The fraction of sp³-hybridized carbons (Fsp3) is 0.364. The van der Waals surface area contributed by atoms with E-state index in [0.29, 0.717) is 17.1 Å². The van der Waals surface area contributed by atoms with E-state index in [9.17, 15) is 9.59 Å². The molecule has 3 aliphatic heterocycles. The van der Waals surface area contributed by atoms with E-state index < -0.39 is 11.5 Å². The third-order valence-electron chi connectivity index (χ3n) is 6.55. The fourth-order valence-electron chi connectivity index (χ4n) is 5.33. The minimum absolute atomic E-state index is 0.0823. The van der Waals surface area contributed by atoms with Gasteiger partial charge in [0.25, 0.3) is 0 Å². The number of carbonyl (C=O) groups excluding carboxylic acids is 2. The first-order valence-corrected chi connectivity index (χ1v) is 10.1. The van der Waals surface area contributed by atoms with Crippen molar-refractivity contribution in [2.45, 2.75) is 37.8 Å². The lowest BCUT2D eigenvalue weighted by molar-refractivity contribution is -0.135. The number of benzene rings is 2. The van der Waals surface area contributed by atoms with E-state index in [1.54, 1.807) is 12.1 Å². The van der Waals surface area contributed by atoms with Gasteiger partial charge in [0.15, 0.2) is 0 Å². The van der Waals surface area contributed by atoms with Crippen molar-refractivity contribution < 1.29 is 9.59 Å². The average molecular weight is 396 g/mol. The zero-order chi connectivity index (χ0) is 19.5. The summed E-state index contributed by atoms with van der Waals surface area (Å²) in [6, 6.07) is 13.5. The first-order chi connectivity index (χ1) is 13.5. The molecule has 3 heterocycles. The van der Waals surface area contributed by atoms with Gasteiger partial charge < -0.3 is 10.6 Å². The van der Waals surface area contributed by atoms with Crippen LogP contribution < -0.4 is 10.6 Å². The summed E-state index contributed by atoms with van der Waals surface area (Å²) in [7, 11) is 0. The number of rotatable bonds is 2. The Hall–Kier alpha value is -2.37. The van der Waals surface area contributed by atoms with Gasteiger partial charge in [-0.05, 0) is 56.5 Å². The van der Waals surface area contributed by atoms with Crippen LogP contribution in [0.25, 0.3) is 0 Å². The normalized spacial score (nSPS) is 28.3. The van der Waals surface area contributed by atoms with Crippen LogP contribution in [0.3, 0.4) is 0 Å². The number of anilines is 2. The quantitative estimate of drug-likeness (QED) is 0.810. The van der Waals surface area contributed by atoms with Crippen LogP contribution in [0.4, 0.5) is 11.4 Å². The van der Waals surface area contributed by atoms with Crippen LogP contribution >= 0.6 is 11.6 Å².